The molecule has 0 radical (unpaired) electrons. The fourth-order valence-electron chi connectivity index (χ4n) is 3.56. The monoisotopic (exact) mass is 394 g/mol. The average Bonchev–Trinajstić information content (AvgIpc) is 3.01. The van der Waals surface area contributed by atoms with Gasteiger partial charge in [0.25, 0.3) is 5.69 Å². The van der Waals surface area contributed by atoms with Crippen molar-refractivity contribution in [3.63, 3.8) is 0 Å². The zero-order chi connectivity index (χ0) is 20.6. The van der Waals surface area contributed by atoms with Crippen molar-refractivity contribution in [2.75, 3.05) is 11.9 Å². The number of nitro benzene ring substituents is 1. The predicted molar refractivity (Wildman–Crippen MR) is 104 cm³/mol. The fraction of sp³-hybridized carbons (Fsp3) is 0.238. The third kappa shape index (κ3) is 3.56. The Labute approximate surface area is 166 Å². The number of benzene rings is 2. The number of amides is 1. The summed E-state index contributed by atoms with van der Waals surface area (Å²) in [5, 5.41) is 13.7. The summed E-state index contributed by atoms with van der Waals surface area (Å²) in [6.07, 6.45) is 1.27. The van der Waals surface area contributed by atoms with Crippen molar-refractivity contribution in [1.29, 1.82) is 0 Å². The summed E-state index contributed by atoms with van der Waals surface area (Å²) >= 11 is 0. The van der Waals surface area contributed by atoms with Gasteiger partial charge in [-0.3, -0.25) is 14.9 Å². The van der Waals surface area contributed by atoms with Crippen LogP contribution in [0, 0.1) is 10.1 Å². The fourth-order valence-corrected chi connectivity index (χ4v) is 3.56. The highest BCUT2D eigenvalue weighted by atomic mass is 16.6. The normalized spacial score (nSPS) is 20.6. The number of nitro groups is 1. The Kier molecular flexibility index (Phi) is 4.54. The number of nitrogens with one attached hydrogen (secondary N) is 1. The third-order valence-electron chi connectivity index (χ3n) is 5.12. The number of aryl methyl sites for hydroxylation is 1. The van der Waals surface area contributed by atoms with Crippen LogP contribution in [0.25, 0.3) is 0 Å². The zero-order valence-electron chi connectivity index (χ0n) is 15.5. The number of hydrogen-bond donors (Lipinski definition) is 1. The molecule has 4 rings (SSSR count). The summed E-state index contributed by atoms with van der Waals surface area (Å²) < 4.78 is 11.6. The Hall–Kier alpha value is -3.68. The standard InChI is InChI=1S/C21H18N2O6/c1-13-11-21(29-20(13)25,15-3-5-16(6-4-15)23(26)27)12-28-17-7-8-18-14(10-17)2-9-19(24)22-18/h3-8,10H,1-2,9,11-12H2,(H,22,24). The quantitative estimate of drug-likeness (QED) is 0.361. The number of ether oxygens (including phenoxy) is 2. The molecule has 0 saturated carbocycles. The van der Waals surface area contributed by atoms with E-state index in [2.05, 4.69) is 11.9 Å². The van der Waals surface area contributed by atoms with Crippen molar-refractivity contribution >= 4 is 23.3 Å². The van der Waals surface area contributed by atoms with Crippen LogP contribution < -0.4 is 10.1 Å². The Balaban J connectivity index is 1.58. The molecule has 1 N–H and O–H groups in total. The van der Waals surface area contributed by atoms with Gasteiger partial charge >= 0.3 is 5.97 Å². The number of fused-ring (bicyclic) bond motifs is 1. The molecule has 1 fully saturated rings. The van der Waals surface area contributed by atoms with Gasteiger partial charge in [0.1, 0.15) is 12.4 Å². The molecule has 2 aromatic rings. The van der Waals surface area contributed by atoms with Gasteiger partial charge in [0, 0.05) is 36.2 Å². The molecule has 2 heterocycles. The molecule has 8 nitrogen and oxygen atoms in total. The molecule has 2 aliphatic heterocycles. The molecule has 1 amide bonds. The summed E-state index contributed by atoms with van der Waals surface area (Å²) in [4.78, 5) is 34.0. The van der Waals surface area contributed by atoms with Crippen LogP contribution in [0.15, 0.2) is 54.6 Å². The highest BCUT2D eigenvalue weighted by molar-refractivity contribution is 5.94. The van der Waals surface area contributed by atoms with Gasteiger partial charge < -0.3 is 14.8 Å². The van der Waals surface area contributed by atoms with Crippen molar-refractivity contribution in [3.05, 3.63) is 75.9 Å². The van der Waals surface area contributed by atoms with Gasteiger partial charge in [-0.15, -0.1) is 0 Å². The Bertz CT molecular complexity index is 1010. The molecule has 1 saturated heterocycles. The summed E-state index contributed by atoms with van der Waals surface area (Å²) in [5.41, 5.74) is 1.50. The van der Waals surface area contributed by atoms with Gasteiger partial charge in [0.15, 0.2) is 5.60 Å². The summed E-state index contributed by atoms with van der Waals surface area (Å²) in [6, 6.07) is 11.2. The van der Waals surface area contributed by atoms with E-state index in [1.165, 1.54) is 12.1 Å². The maximum absolute atomic E-state index is 12.0. The van der Waals surface area contributed by atoms with Gasteiger partial charge in [0.05, 0.1) is 4.92 Å². The Morgan fingerprint density at radius 3 is 2.59 bits per heavy atom. The molecule has 1 unspecified atom stereocenters. The maximum atomic E-state index is 12.0. The molecule has 1 atom stereocenters. The lowest BCUT2D eigenvalue weighted by molar-refractivity contribution is -0.384. The van der Waals surface area contributed by atoms with Gasteiger partial charge in [-0.25, -0.2) is 4.79 Å². The number of esters is 1. The second kappa shape index (κ2) is 7.05. The van der Waals surface area contributed by atoms with Crippen molar-refractivity contribution in [3.8, 4) is 5.75 Å². The number of carbonyl (C=O) groups is 2. The summed E-state index contributed by atoms with van der Waals surface area (Å²) in [7, 11) is 0. The van der Waals surface area contributed by atoms with Gasteiger partial charge in [-0.2, -0.15) is 0 Å². The van der Waals surface area contributed by atoms with E-state index in [0.717, 1.165) is 11.3 Å². The topological polar surface area (TPSA) is 108 Å². The van der Waals surface area contributed by atoms with Crippen molar-refractivity contribution in [2.45, 2.75) is 24.9 Å². The molecule has 2 aromatic carbocycles. The molecule has 8 heteroatoms. The Morgan fingerprint density at radius 2 is 1.93 bits per heavy atom. The SMILES string of the molecule is C=C1CC(COc2ccc3c(c2)CCC(=O)N3)(c2ccc([N+](=O)[O-])cc2)OC1=O. The molecule has 0 spiro atoms. The molecule has 0 bridgehead atoms. The largest absolute Gasteiger partial charge is 0.489 e. The zero-order valence-corrected chi connectivity index (χ0v) is 15.5. The third-order valence-corrected chi connectivity index (χ3v) is 5.12. The molecular weight excluding hydrogens is 376 g/mol. The minimum atomic E-state index is -1.10. The van der Waals surface area contributed by atoms with Crippen LogP contribution in [0.4, 0.5) is 11.4 Å². The lowest BCUT2D eigenvalue weighted by Gasteiger charge is -2.28. The highest BCUT2D eigenvalue weighted by Crippen LogP contribution is 2.40. The number of hydrogen-bond acceptors (Lipinski definition) is 6. The molecule has 29 heavy (non-hydrogen) atoms. The molecule has 148 valence electrons. The number of non-ortho nitro benzene ring substituents is 1. The minimum Gasteiger partial charge on any atom is -0.489 e. The van der Waals surface area contributed by atoms with Crippen LogP contribution in [-0.2, 0) is 26.3 Å². The Morgan fingerprint density at radius 1 is 1.17 bits per heavy atom. The average molecular weight is 394 g/mol. The summed E-state index contributed by atoms with van der Waals surface area (Å²) in [6.45, 7) is 3.77. The molecule has 0 aromatic heterocycles. The van der Waals surface area contributed by atoms with E-state index in [9.17, 15) is 19.7 Å². The van der Waals surface area contributed by atoms with E-state index in [1.54, 1.807) is 24.3 Å². The van der Waals surface area contributed by atoms with Crippen LogP contribution in [-0.4, -0.2) is 23.4 Å². The maximum Gasteiger partial charge on any atom is 0.334 e. The van der Waals surface area contributed by atoms with E-state index in [1.807, 2.05) is 6.07 Å². The van der Waals surface area contributed by atoms with Gasteiger partial charge in [-0.1, -0.05) is 6.58 Å². The van der Waals surface area contributed by atoms with E-state index < -0.39 is 16.5 Å². The summed E-state index contributed by atoms with van der Waals surface area (Å²) in [5.74, 6) is 0.0505. The molecular formula is C21H18N2O6. The van der Waals surface area contributed by atoms with E-state index in [4.69, 9.17) is 9.47 Å². The van der Waals surface area contributed by atoms with Crippen LogP contribution >= 0.6 is 0 Å². The number of carbonyl (C=O) groups excluding carboxylic acids is 2. The van der Waals surface area contributed by atoms with Crippen LogP contribution in [0.1, 0.15) is 24.0 Å². The second-order valence-electron chi connectivity index (χ2n) is 7.12. The number of cyclic esters (lactones) is 1. The molecule has 2 aliphatic rings. The van der Waals surface area contributed by atoms with Crippen LogP contribution in [0.3, 0.4) is 0 Å². The van der Waals surface area contributed by atoms with Gasteiger partial charge in [0.2, 0.25) is 5.91 Å². The minimum absolute atomic E-state index is 0.0142. The van der Waals surface area contributed by atoms with Crippen molar-refractivity contribution in [2.24, 2.45) is 0 Å². The first-order valence-corrected chi connectivity index (χ1v) is 9.08. The molecule has 0 aliphatic carbocycles. The number of nitrogens with zero attached hydrogens (tertiary/aromatic N) is 1. The number of anilines is 1. The van der Waals surface area contributed by atoms with E-state index in [0.29, 0.717) is 29.7 Å². The first kappa shape index (κ1) is 18.7. The van der Waals surface area contributed by atoms with Crippen LogP contribution in [0.2, 0.25) is 0 Å². The second-order valence-corrected chi connectivity index (χ2v) is 7.12. The first-order chi connectivity index (χ1) is 13.9. The lowest BCUT2D eigenvalue weighted by Crippen LogP contribution is -2.33. The van der Waals surface area contributed by atoms with E-state index in [-0.39, 0.29) is 24.6 Å². The predicted octanol–water partition coefficient (Wildman–Crippen LogP) is 3.26. The number of rotatable bonds is 5. The van der Waals surface area contributed by atoms with E-state index >= 15 is 0 Å². The van der Waals surface area contributed by atoms with Crippen molar-refractivity contribution in [1.82, 2.24) is 0 Å². The van der Waals surface area contributed by atoms with Gasteiger partial charge in [-0.05, 0) is 47.9 Å². The highest BCUT2D eigenvalue weighted by Gasteiger charge is 2.45. The van der Waals surface area contributed by atoms with Crippen molar-refractivity contribution < 1.29 is 24.0 Å². The first-order valence-electron chi connectivity index (χ1n) is 9.08. The lowest BCUT2D eigenvalue weighted by atomic mass is 9.90. The smallest absolute Gasteiger partial charge is 0.334 e. The van der Waals surface area contributed by atoms with Crippen LogP contribution in [0.5, 0.6) is 5.75 Å².